The number of nitrogens with zero attached hydrogens (tertiary/aromatic N) is 1. The Morgan fingerprint density at radius 2 is 1.32 bits per heavy atom. The molecular formula is C24H45NO3. The summed E-state index contributed by atoms with van der Waals surface area (Å²) in [4.78, 5) is 13.6. The number of hydrogen-bond donors (Lipinski definition) is 2. The highest BCUT2D eigenvalue weighted by Gasteiger charge is 2.15. The van der Waals surface area contributed by atoms with Crippen molar-refractivity contribution in [3.05, 3.63) is 12.2 Å². The average molecular weight is 396 g/mol. The molecule has 0 aliphatic heterocycles. The van der Waals surface area contributed by atoms with E-state index in [1.54, 1.807) is 4.90 Å². The minimum Gasteiger partial charge on any atom is -0.395 e. The number of carbonyl (C=O) groups is 1. The fourth-order valence-electron chi connectivity index (χ4n) is 4.22. The molecule has 0 saturated heterocycles. The van der Waals surface area contributed by atoms with E-state index in [1.807, 2.05) is 0 Å². The first kappa shape index (κ1) is 25.2. The Labute approximate surface area is 173 Å². The van der Waals surface area contributed by atoms with Crippen LogP contribution in [0, 0.1) is 11.8 Å². The fraction of sp³-hybridized carbons (Fsp3) is 0.875. The van der Waals surface area contributed by atoms with Gasteiger partial charge in [0.05, 0.1) is 13.2 Å². The molecule has 0 aromatic carbocycles. The van der Waals surface area contributed by atoms with Crippen LogP contribution in [-0.4, -0.2) is 47.3 Å². The smallest absolute Gasteiger partial charge is 0.222 e. The predicted octanol–water partition coefficient (Wildman–Crippen LogP) is 5.08. The summed E-state index contributed by atoms with van der Waals surface area (Å²) < 4.78 is 0. The van der Waals surface area contributed by atoms with Crippen molar-refractivity contribution in [1.82, 2.24) is 4.90 Å². The van der Waals surface area contributed by atoms with Gasteiger partial charge in [0.2, 0.25) is 5.91 Å². The third-order valence-electron chi connectivity index (χ3n) is 6.05. The van der Waals surface area contributed by atoms with Crippen molar-refractivity contribution in [1.29, 1.82) is 0 Å². The molecule has 0 fully saturated rings. The molecule has 0 saturated carbocycles. The van der Waals surface area contributed by atoms with Gasteiger partial charge in [-0.3, -0.25) is 4.79 Å². The minimum absolute atomic E-state index is 0.0407. The van der Waals surface area contributed by atoms with Crippen LogP contribution in [0.15, 0.2) is 12.2 Å². The Bertz CT molecular complexity index is 405. The van der Waals surface area contributed by atoms with Crippen LogP contribution in [-0.2, 0) is 4.79 Å². The molecule has 1 rings (SSSR count). The van der Waals surface area contributed by atoms with Gasteiger partial charge < -0.3 is 15.1 Å². The first-order valence-electron chi connectivity index (χ1n) is 11.9. The normalized spacial score (nSPS) is 19.1. The van der Waals surface area contributed by atoms with Crippen LogP contribution in [0.1, 0.15) is 96.8 Å². The number of allylic oxidation sites excluding steroid dienone is 2. The molecule has 0 aromatic heterocycles. The Morgan fingerprint density at radius 3 is 1.82 bits per heavy atom. The van der Waals surface area contributed by atoms with Crippen LogP contribution >= 0.6 is 0 Å². The largest absolute Gasteiger partial charge is 0.395 e. The zero-order valence-electron chi connectivity index (χ0n) is 18.3. The predicted molar refractivity (Wildman–Crippen MR) is 117 cm³/mol. The van der Waals surface area contributed by atoms with E-state index in [-0.39, 0.29) is 19.1 Å². The number of aliphatic hydroxyl groups excluding tert-OH is 2. The molecule has 0 spiro atoms. The summed E-state index contributed by atoms with van der Waals surface area (Å²) in [6.07, 6.45) is 22.2. The zero-order valence-corrected chi connectivity index (χ0v) is 18.3. The molecule has 2 atom stereocenters. The molecular weight excluding hydrogens is 350 g/mol. The van der Waals surface area contributed by atoms with Crippen LogP contribution in [0.3, 0.4) is 0 Å². The molecule has 28 heavy (non-hydrogen) atoms. The zero-order chi connectivity index (χ0) is 20.5. The van der Waals surface area contributed by atoms with Crippen molar-refractivity contribution in [2.75, 3.05) is 26.3 Å². The molecule has 4 heteroatoms. The van der Waals surface area contributed by atoms with Gasteiger partial charge in [-0.1, -0.05) is 70.4 Å². The van der Waals surface area contributed by atoms with Gasteiger partial charge in [0.15, 0.2) is 0 Å². The molecule has 4 nitrogen and oxygen atoms in total. The molecule has 2 unspecified atom stereocenters. The van der Waals surface area contributed by atoms with Crippen LogP contribution < -0.4 is 0 Å². The maximum atomic E-state index is 12.0. The van der Waals surface area contributed by atoms with Gasteiger partial charge in [0.25, 0.3) is 0 Å². The van der Waals surface area contributed by atoms with Crippen molar-refractivity contribution < 1.29 is 15.0 Å². The minimum atomic E-state index is -0.0407. The molecule has 1 aliphatic carbocycles. The first-order chi connectivity index (χ1) is 13.7. The second kappa shape index (κ2) is 17.0. The lowest BCUT2D eigenvalue weighted by Crippen LogP contribution is -2.35. The standard InChI is InChI=1S/C24H45NO3/c1-2-3-4-8-11-22-14-16-23(17-15-22)12-9-6-5-7-10-13-24(28)25(18-20-26)19-21-27/h14,16,22-23,26-27H,2-13,15,17-21H2,1H3. The SMILES string of the molecule is CCCCCCC1C=CC(CCCCCCCC(=O)N(CCO)CCO)CC1. The van der Waals surface area contributed by atoms with Gasteiger partial charge in [0, 0.05) is 19.5 Å². The average Bonchev–Trinajstić information content (AvgIpc) is 2.71. The number of rotatable bonds is 17. The summed E-state index contributed by atoms with van der Waals surface area (Å²) in [6.45, 7) is 2.85. The molecule has 1 aliphatic rings. The highest BCUT2D eigenvalue weighted by atomic mass is 16.3. The highest BCUT2D eigenvalue weighted by molar-refractivity contribution is 5.76. The Kier molecular flexibility index (Phi) is 15.3. The third-order valence-corrected chi connectivity index (χ3v) is 6.05. The van der Waals surface area contributed by atoms with Crippen molar-refractivity contribution in [3.8, 4) is 0 Å². The molecule has 2 N–H and O–H groups in total. The topological polar surface area (TPSA) is 60.8 Å². The highest BCUT2D eigenvalue weighted by Crippen LogP contribution is 2.29. The molecule has 0 heterocycles. The number of hydrogen-bond acceptors (Lipinski definition) is 3. The Hall–Kier alpha value is -0.870. The Morgan fingerprint density at radius 1 is 0.821 bits per heavy atom. The summed E-state index contributed by atoms with van der Waals surface area (Å²) in [5, 5.41) is 18.0. The number of amides is 1. The number of carbonyl (C=O) groups excluding carboxylic acids is 1. The van der Waals surface area contributed by atoms with Gasteiger partial charge in [-0.25, -0.2) is 0 Å². The molecule has 0 aromatic rings. The van der Waals surface area contributed by atoms with E-state index in [1.165, 1.54) is 70.6 Å². The van der Waals surface area contributed by atoms with Gasteiger partial charge in [-0.15, -0.1) is 0 Å². The summed E-state index contributed by atoms with van der Waals surface area (Å²) in [7, 11) is 0. The molecule has 0 bridgehead atoms. The lowest BCUT2D eigenvalue weighted by molar-refractivity contribution is -0.132. The summed E-state index contributed by atoms with van der Waals surface area (Å²) in [5.74, 6) is 1.68. The Balaban J connectivity index is 2.01. The van der Waals surface area contributed by atoms with E-state index >= 15 is 0 Å². The maximum Gasteiger partial charge on any atom is 0.222 e. The molecule has 0 radical (unpaired) electrons. The van der Waals surface area contributed by atoms with Crippen LogP contribution in [0.2, 0.25) is 0 Å². The van der Waals surface area contributed by atoms with Crippen molar-refractivity contribution in [3.63, 3.8) is 0 Å². The van der Waals surface area contributed by atoms with Crippen LogP contribution in [0.25, 0.3) is 0 Å². The first-order valence-corrected chi connectivity index (χ1v) is 11.9. The monoisotopic (exact) mass is 395 g/mol. The van der Waals surface area contributed by atoms with Gasteiger partial charge in [0.1, 0.15) is 0 Å². The molecule has 164 valence electrons. The van der Waals surface area contributed by atoms with Crippen LogP contribution in [0.4, 0.5) is 0 Å². The van der Waals surface area contributed by atoms with Crippen molar-refractivity contribution >= 4 is 5.91 Å². The summed E-state index contributed by atoms with van der Waals surface area (Å²) in [5.41, 5.74) is 0. The summed E-state index contributed by atoms with van der Waals surface area (Å²) >= 11 is 0. The number of unbranched alkanes of at least 4 members (excludes halogenated alkanes) is 7. The van der Waals surface area contributed by atoms with E-state index in [0.717, 1.165) is 24.7 Å². The number of aliphatic hydroxyl groups is 2. The van der Waals surface area contributed by atoms with Gasteiger partial charge in [-0.05, 0) is 43.9 Å². The van der Waals surface area contributed by atoms with Gasteiger partial charge in [-0.2, -0.15) is 0 Å². The van der Waals surface area contributed by atoms with E-state index in [4.69, 9.17) is 10.2 Å². The van der Waals surface area contributed by atoms with E-state index < -0.39 is 0 Å². The van der Waals surface area contributed by atoms with Crippen molar-refractivity contribution in [2.24, 2.45) is 11.8 Å². The van der Waals surface area contributed by atoms with E-state index in [2.05, 4.69) is 19.1 Å². The van der Waals surface area contributed by atoms with Crippen LogP contribution in [0.5, 0.6) is 0 Å². The lowest BCUT2D eigenvalue weighted by Gasteiger charge is -2.23. The fourth-order valence-corrected chi connectivity index (χ4v) is 4.22. The molecule has 1 amide bonds. The van der Waals surface area contributed by atoms with E-state index in [9.17, 15) is 4.79 Å². The quantitative estimate of drug-likeness (QED) is 0.267. The lowest BCUT2D eigenvalue weighted by atomic mass is 9.83. The third kappa shape index (κ3) is 11.9. The van der Waals surface area contributed by atoms with E-state index in [0.29, 0.717) is 19.5 Å². The summed E-state index contributed by atoms with van der Waals surface area (Å²) in [6, 6.07) is 0. The maximum absolute atomic E-state index is 12.0. The second-order valence-electron chi connectivity index (χ2n) is 8.47. The van der Waals surface area contributed by atoms with Gasteiger partial charge >= 0.3 is 0 Å². The van der Waals surface area contributed by atoms with Crippen molar-refractivity contribution in [2.45, 2.75) is 96.8 Å². The second-order valence-corrected chi connectivity index (χ2v) is 8.47.